The molecule has 0 radical (unpaired) electrons. The van der Waals surface area contributed by atoms with E-state index in [1.807, 2.05) is 54.6 Å². The number of ketones is 1. The van der Waals surface area contributed by atoms with Crippen LogP contribution in [0.15, 0.2) is 72.8 Å². The van der Waals surface area contributed by atoms with Gasteiger partial charge in [0.2, 0.25) is 0 Å². The predicted octanol–water partition coefficient (Wildman–Crippen LogP) is 5.72. The highest BCUT2D eigenvalue weighted by atomic mass is 16.5. The smallest absolute Gasteiger partial charge is 0.185 e. The van der Waals surface area contributed by atoms with Gasteiger partial charge in [0.05, 0.1) is 7.11 Å². The van der Waals surface area contributed by atoms with E-state index < -0.39 is 0 Å². The fourth-order valence-electron chi connectivity index (χ4n) is 3.53. The third kappa shape index (κ3) is 3.13. The molecular weight excluding hydrogens is 334 g/mol. The van der Waals surface area contributed by atoms with Gasteiger partial charge in [-0.25, -0.2) is 0 Å². The summed E-state index contributed by atoms with van der Waals surface area (Å²) in [6.07, 6.45) is 3.46. The van der Waals surface area contributed by atoms with Crippen molar-refractivity contribution < 1.29 is 9.53 Å². The van der Waals surface area contributed by atoms with Crippen LogP contribution in [0.1, 0.15) is 22.8 Å². The van der Waals surface area contributed by atoms with E-state index in [2.05, 4.69) is 29.7 Å². The lowest BCUT2D eigenvalue weighted by Gasteiger charge is -2.03. The Morgan fingerprint density at radius 3 is 2.44 bits per heavy atom. The number of aromatic nitrogens is 1. The van der Waals surface area contributed by atoms with Gasteiger partial charge in [0.25, 0.3) is 0 Å². The SMILES string of the molecule is CCn1c2ccccc2c2cc(C(=O)C=Cc3ccc(OC)cc3)ccc21. The molecule has 1 heterocycles. The maximum atomic E-state index is 12.7. The number of rotatable bonds is 5. The summed E-state index contributed by atoms with van der Waals surface area (Å²) in [5, 5.41) is 2.30. The third-order valence-electron chi connectivity index (χ3n) is 4.92. The summed E-state index contributed by atoms with van der Waals surface area (Å²) in [4.78, 5) is 12.7. The number of para-hydroxylation sites is 1. The number of hydrogen-bond acceptors (Lipinski definition) is 2. The van der Waals surface area contributed by atoms with E-state index in [9.17, 15) is 4.79 Å². The monoisotopic (exact) mass is 355 g/mol. The van der Waals surface area contributed by atoms with Crippen LogP contribution in [0.3, 0.4) is 0 Å². The normalized spacial score (nSPS) is 11.5. The molecule has 0 aliphatic carbocycles. The number of ether oxygens (including phenoxy) is 1. The summed E-state index contributed by atoms with van der Waals surface area (Å²) in [6, 6.07) is 21.9. The summed E-state index contributed by atoms with van der Waals surface area (Å²) in [7, 11) is 1.64. The Balaban J connectivity index is 1.69. The zero-order valence-electron chi connectivity index (χ0n) is 15.5. The Kier molecular flexibility index (Phi) is 4.51. The molecule has 3 heteroatoms. The van der Waals surface area contributed by atoms with E-state index in [1.54, 1.807) is 13.2 Å². The topological polar surface area (TPSA) is 31.2 Å². The van der Waals surface area contributed by atoms with E-state index >= 15 is 0 Å². The van der Waals surface area contributed by atoms with Crippen LogP contribution >= 0.6 is 0 Å². The van der Waals surface area contributed by atoms with Crippen molar-refractivity contribution >= 4 is 33.7 Å². The highest BCUT2D eigenvalue weighted by Gasteiger charge is 2.11. The van der Waals surface area contributed by atoms with Crippen LogP contribution in [0.4, 0.5) is 0 Å². The average Bonchev–Trinajstić information content (AvgIpc) is 3.05. The van der Waals surface area contributed by atoms with Crippen molar-refractivity contribution in [2.45, 2.75) is 13.5 Å². The standard InChI is InChI=1S/C24H21NO2/c1-3-25-22-7-5-4-6-20(22)21-16-18(11-14-23(21)25)24(26)15-10-17-8-12-19(27-2)13-9-17/h4-16H,3H2,1-2H3. The molecule has 0 fully saturated rings. The second-order valence-electron chi connectivity index (χ2n) is 6.46. The molecule has 3 nitrogen and oxygen atoms in total. The fourth-order valence-corrected chi connectivity index (χ4v) is 3.53. The molecule has 4 aromatic rings. The van der Waals surface area contributed by atoms with Gasteiger partial charge in [-0.3, -0.25) is 4.79 Å². The first-order valence-corrected chi connectivity index (χ1v) is 9.08. The molecule has 0 saturated carbocycles. The highest BCUT2D eigenvalue weighted by molar-refractivity contribution is 6.13. The van der Waals surface area contributed by atoms with Gasteiger partial charge in [0.1, 0.15) is 5.75 Å². The molecule has 0 bridgehead atoms. The predicted molar refractivity (Wildman–Crippen MR) is 111 cm³/mol. The molecule has 4 rings (SSSR count). The molecule has 0 unspecified atom stereocenters. The number of aryl methyl sites for hydroxylation is 1. The van der Waals surface area contributed by atoms with Gasteiger partial charge in [0, 0.05) is 33.9 Å². The van der Waals surface area contributed by atoms with Crippen molar-refractivity contribution in [3.8, 4) is 5.75 Å². The van der Waals surface area contributed by atoms with Gasteiger partial charge in [-0.2, -0.15) is 0 Å². The summed E-state index contributed by atoms with van der Waals surface area (Å²) in [5.74, 6) is 0.803. The average molecular weight is 355 g/mol. The molecule has 3 aromatic carbocycles. The van der Waals surface area contributed by atoms with Gasteiger partial charge in [-0.05, 0) is 55.0 Å². The molecule has 0 spiro atoms. The van der Waals surface area contributed by atoms with Crippen molar-refractivity contribution in [3.63, 3.8) is 0 Å². The lowest BCUT2D eigenvalue weighted by Crippen LogP contribution is -1.95. The number of fused-ring (bicyclic) bond motifs is 3. The Bertz CT molecular complexity index is 1150. The number of methoxy groups -OCH3 is 1. The molecule has 0 aliphatic rings. The third-order valence-corrected chi connectivity index (χ3v) is 4.92. The molecule has 27 heavy (non-hydrogen) atoms. The molecule has 0 N–H and O–H groups in total. The lowest BCUT2D eigenvalue weighted by atomic mass is 10.1. The first kappa shape index (κ1) is 17.1. The van der Waals surface area contributed by atoms with Gasteiger partial charge in [0.15, 0.2) is 5.78 Å². The number of hydrogen-bond donors (Lipinski definition) is 0. The van der Waals surface area contributed by atoms with E-state index in [4.69, 9.17) is 4.74 Å². The van der Waals surface area contributed by atoms with Crippen molar-refractivity contribution in [2.24, 2.45) is 0 Å². The lowest BCUT2D eigenvalue weighted by molar-refractivity contribution is 0.104. The minimum atomic E-state index is 0.000970. The summed E-state index contributed by atoms with van der Waals surface area (Å²) in [5.41, 5.74) is 4.03. The molecule has 0 aliphatic heterocycles. The largest absolute Gasteiger partial charge is 0.497 e. The second kappa shape index (κ2) is 7.12. The first-order valence-electron chi connectivity index (χ1n) is 9.08. The summed E-state index contributed by atoms with van der Waals surface area (Å²) < 4.78 is 7.44. The maximum absolute atomic E-state index is 12.7. The van der Waals surface area contributed by atoms with E-state index in [1.165, 1.54) is 10.9 Å². The number of carbonyl (C=O) groups excluding carboxylic acids is 1. The van der Waals surface area contributed by atoms with Crippen LogP contribution in [-0.4, -0.2) is 17.5 Å². The number of benzene rings is 3. The van der Waals surface area contributed by atoms with Crippen molar-refractivity contribution in [3.05, 3.63) is 83.9 Å². The van der Waals surface area contributed by atoms with Crippen molar-refractivity contribution in [1.82, 2.24) is 4.57 Å². The number of carbonyl (C=O) groups is 1. The van der Waals surface area contributed by atoms with E-state index in [0.29, 0.717) is 5.56 Å². The molecule has 0 atom stereocenters. The summed E-state index contributed by atoms with van der Waals surface area (Å²) in [6.45, 7) is 3.04. The van der Waals surface area contributed by atoms with Crippen LogP contribution in [-0.2, 0) is 6.54 Å². The molecule has 0 saturated heterocycles. The van der Waals surface area contributed by atoms with Gasteiger partial charge in [-0.15, -0.1) is 0 Å². The van der Waals surface area contributed by atoms with Gasteiger partial charge in [-0.1, -0.05) is 36.4 Å². The molecular formula is C24H21NO2. The Labute approximate surface area is 158 Å². The van der Waals surface area contributed by atoms with Crippen LogP contribution in [0, 0.1) is 0 Å². The van der Waals surface area contributed by atoms with Gasteiger partial charge >= 0.3 is 0 Å². The van der Waals surface area contributed by atoms with Crippen LogP contribution in [0.5, 0.6) is 5.75 Å². The number of nitrogens with zero attached hydrogens (tertiary/aromatic N) is 1. The Morgan fingerprint density at radius 1 is 0.963 bits per heavy atom. The molecule has 1 aromatic heterocycles. The number of allylic oxidation sites excluding steroid dienone is 1. The highest BCUT2D eigenvalue weighted by Crippen LogP contribution is 2.29. The zero-order valence-corrected chi connectivity index (χ0v) is 15.5. The summed E-state index contributed by atoms with van der Waals surface area (Å²) >= 11 is 0. The van der Waals surface area contributed by atoms with Crippen molar-refractivity contribution in [2.75, 3.05) is 7.11 Å². The minimum absolute atomic E-state index is 0.000970. The fraction of sp³-hybridized carbons (Fsp3) is 0.125. The second-order valence-corrected chi connectivity index (χ2v) is 6.46. The van der Waals surface area contributed by atoms with E-state index in [-0.39, 0.29) is 5.78 Å². The molecule has 0 amide bonds. The Morgan fingerprint density at radius 2 is 1.70 bits per heavy atom. The van der Waals surface area contributed by atoms with Crippen LogP contribution in [0.2, 0.25) is 0 Å². The molecule has 134 valence electrons. The first-order chi connectivity index (χ1) is 13.2. The van der Waals surface area contributed by atoms with E-state index in [0.717, 1.165) is 28.8 Å². The van der Waals surface area contributed by atoms with Crippen LogP contribution < -0.4 is 4.74 Å². The van der Waals surface area contributed by atoms with Crippen LogP contribution in [0.25, 0.3) is 27.9 Å². The Hall–Kier alpha value is -3.33. The zero-order chi connectivity index (χ0) is 18.8. The quantitative estimate of drug-likeness (QED) is 0.339. The maximum Gasteiger partial charge on any atom is 0.185 e. The minimum Gasteiger partial charge on any atom is -0.497 e. The van der Waals surface area contributed by atoms with Gasteiger partial charge < -0.3 is 9.30 Å². The van der Waals surface area contributed by atoms with Crippen molar-refractivity contribution in [1.29, 1.82) is 0 Å².